The van der Waals surface area contributed by atoms with Gasteiger partial charge >= 0.3 is 0 Å². The molecule has 0 radical (unpaired) electrons. The zero-order valence-corrected chi connectivity index (χ0v) is 13.5. The number of carbonyl (C=O) groups excluding carboxylic acids is 1. The maximum absolute atomic E-state index is 12.3. The number of amides is 1. The van der Waals surface area contributed by atoms with E-state index in [1.54, 1.807) is 6.92 Å². The number of rotatable bonds is 6. The summed E-state index contributed by atoms with van der Waals surface area (Å²) in [6.45, 7) is 6.34. The minimum atomic E-state index is -0.329. The third-order valence-electron chi connectivity index (χ3n) is 4.04. The van der Waals surface area contributed by atoms with Crippen molar-refractivity contribution < 1.29 is 9.90 Å². The lowest BCUT2D eigenvalue weighted by atomic mass is 9.96. The summed E-state index contributed by atoms with van der Waals surface area (Å²) in [5.74, 6) is 0.129. The molecule has 3 atom stereocenters. The van der Waals surface area contributed by atoms with E-state index < -0.39 is 0 Å². The normalized spacial score (nSPS) is 15.3. The summed E-state index contributed by atoms with van der Waals surface area (Å²) in [7, 11) is 0. The number of aliphatic hydroxyl groups excluding tert-OH is 1. The molecular weight excluding hydrogens is 274 g/mol. The third kappa shape index (κ3) is 4.31. The Bertz CT molecular complexity index is 636. The van der Waals surface area contributed by atoms with E-state index in [1.807, 2.05) is 32.0 Å². The largest absolute Gasteiger partial charge is 0.393 e. The van der Waals surface area contributed by atoms with E-state index in [4.69, 9.17) is 0 Å². The Morgan fingerprint density at radius 2 is 1.77 bits per heavy atom. The van der Waals surface area contributed by atoms with Gasteiger partial charge in [0.1, 0.15) is 0 Å². The van der Waals surface area contributed by atoms with Gasteiger partial charge in [-0.3, -0.25) is 4.79 Å². The predicted octanol–water partition coefficient (Wildman–Crippen LogP) is 3.47. The van der Waals surface area contributed by atoms with Gasteiger partial charge in [0, 0.05) is 6.54 Å². The molecule has 1 amide bonds. The molecule has 2 N–H and O–H groups in total. The van der Waals surface area contributed by atoms with E-state index in [0.717, 1.165) is 10.9 Å². The standard InChI is InChI=1S/C19H25NO2/c1-13(10-14(2)21)12-20-19(22)15(3)17-9-8-16-6-4-5-7-18(16)11-17/h4-9,11,13-15,21H,10,12H2,1-3H3,(H,20,22). The minimum absolute atomic E-state index is 0.0349. The number of benzene rings is 2. The Morgan fingerprint density at radius 1 is 1.09 bits per heavy atom. The minimum Gasteiger partial charge on any atom is -0.393 e. The van der Waals surface area contributed by atoms with Gasteiger partial charge in [0.25, 0.3) is 0 Å². The molecule has 0 aliphatic rings. The fourth-order valence-corrected chi connectivity index (χ4v) is 2.72. The molecular formula is C19H25NO2. The SMILES string of the molecule is CC(O)CC(C)CNC(=O)C(C)c1ccc2ccccc2c1. The molecule has 2 aromatic carbocycles. The van der Waals surface area contributed by atoms with Crippen molar-refractivity contribution in [2.24, 2.45) is 5.92 Å². The van der Waals surface area contributed by atoms with Crippen molar-refractivity contribution in [2.45, 2.75) is 39.2 Å². The Morgan fingerprint density at radius 3 is 2.45 bits per heavy atom. The Labute approximate surface area is 132 Å². The first-order valence-corrected chi connectivity index (χ1v) is 7.92. The zero-order chi connectivity index (χ0) is 16.1. The fourth-order valence-electron chi connectivity index (χ4n) is 2.72. The van der Waals surface area contributed by atoms with Gasteiger partial charge in [0.05, 0.1) is 12.0 Å². The van der Waals surface area contributed by atoms with Gasteiger partial charge in [-0.25, -0.2) is 0 Å². The molecule has 0 aromatic heterocycles. The van der Waals surface area contributed by atoms with Crippen molar-refractivity contribution in [3.05, 3.63) is 48.0 Å². The molecule has 0 aliphatic carbocycles. The van der Waals surface area contributed by atoms with Gasteiger partial charge in [-0.2, -0.15) is 0 Å². The second kappa shape index (κ2) is 7.41. The molecule has 0 aliphatic heterocycles. The van der Waals surface area contributed by atoms with E-state index in [2.05, 4.69) is 29.6 Å². The predicted molar refractivity (Wildman–Crippen MR) is 90.8 cm³/mol. The lowest BCUT2D eigenvalue weighted by Gasteiger charge is -2.17. The smallest absolute Gasteiger partial charge is 0.227 e. The molecule has 0 bridgehead atoms. The summed E-state index contributed by atoms with van der Waals surface area (Å²) in [4.78, 5) is 12.3. The van der Waals surface area contributed by atoms with Crippen molar-refractivity contribution in [3.63, 3.8) is 0 Å². The fraction of sp³-hybridized carbons (Fsp3) is 0.421. The van der Waals surface area contributed by atoms with Crippen molar-refractivity contribution >= 4 is 16.7 Å². The van der Waals surface area contributed by atoms with Crippen molar-refractivity contribution in [1.82, 2.24) is 5.32 Å². The van der Waals surface area contributed by atoms with Crippen LogP contribution in [-0.4, -0.2) is 23.7 Å². The summed E-state index contributed by atoms with van der Waals surface area (Å²) in [5, 5.41) is 14.7. The highest BCUT2D eigenvalue weighted by molar-refractivity contribution is 5.87. The number of hydrogen-bond acceptors (Lipinski definition) is 2. The molecule has 0 saturated heterocycles. The highest BCUT2D eigenvalue weighted by atomic mass is 16.3. The van der Waals surface area contributed by atoms with Crippen LogP contribution in [0.15, 0.2) is 42.5 Å². The number of nitrogens with one attached hydrogen (secondary N) is 1. The molecule has 0 spiro atoms. The van der Waals surface area contributed by atoms with Gasteiger partial charge < -0.3 is 10.4 Å². The van der Waals surface area contributed by atoms with E-state index in [1.165, 1.54) is 5.39 Å². The molecule has 3 unspecified atom stereocenters. The molecule has 0 saturated carbocycles. The maximum Gasteiger partial charge on any atom is 0.227 e. The molecule has 0 fully saturated rings. The van der Waals surface area contributed by atoms with Crippen LogP contribution < -0.4 is 5.32 Å². The third-order valence-corrected chi connectivity index (χ3v) is 4.04. The highest BCUT2D eigenvalue weighted by Gasteiger charge is 2.16. The van der Waals surface area contributed by atoms with Crippen LogP contribution in [0.1, 0.15) is 38.7 Å². The van der Waals surface area contributed by atoms with Crippen LogP contribution >= 0.6 is 0 Å². The monoisotopic (exact) mass is 299 g/mol. The topological polar surface area (TPSA) is 49.3 Å². The number of carbonyl (C=O) groups is 1. The van der Waals surface area contributed by atoms with Crippen molar-refractivity contribution in [2.75, 3.05) is 6.54 Å². The number of aliphatic hydroxyl groups is 1. The summed E-state index contributed by atoms with van der Waals surface area (Å²) >= 11 is 0. The van der Waals surface area contributed by atoms with E-state index in [-0.39, 0.29) is 23.8 Å². The molecule has 2 rings (SSSR count). The average molecular weight is 299 g/mol. The van der Waals surface area contributed by atoms with Gasteiger partial charge in [0.15, 0.2) is 0 Å². The van der Waals surface area contributed by atoms with Gasteiger partial charge in [0.2, 0.25) is 5.91 Å². The summed E-state index contributed by atoms with van der Waals surface area (Å²) in [6, 6.07) is 14.3. The van der Waals surface area contributed by atoms with Crippen LogP contribution in [0, 0.1) is 5.92 Å². The first-order chi connectivity index (χ1) is 10.5. The Balaban J connectivity index is 1.99. The van der Waals surface area contributed by atoms with E-state index in [0.29, 0.717) is 13.0 Å². The molecule has 3 nitrogen and oxygen atoms in total. The van der Waals surface area contributed by atoms with Crippen LogP contribution in [0.2, 0.25) is 0 Å². The highest BCUT2D eigenvalue weighted by Crippen LogP contribution is 2.22. The average Bonchev–Trinajstić information content (AvgIpc) is 2.50. The van der Waals surface area contributed by atoms with Crippen LogP contribution in [0.25, 0.3) is 10.8 Å². The van der Waals surface area contributed by atoms with Gasteiger partial charge in [-0.15, -0.1) is 0 Å². The first-order valence-electron chi connectivity index (χ1n) is 7.92. The Hall–Kier alpha value is -1.87. The number of hydrogen-bond donors (Lipinski definition) is 2. The second-order valence-electron chi connectivity index (χ2n) is 6.26. The van der Waals surface area contributed by atoms with Gasteiger partial charge in [-0.1, -0.05) is 49.4 Å². The summed E-state index contributed by atoms with van der Waals surface area (Å²) in [5.41, 5.74) is 1.03. The molecule has 0 heterocycles. The lowest BCUT2D eigenvalue weighted by Crippen LogP contribution is -2.32. The van der Waals surface area contributed by atoms with Crippen LogP contribution in [0.3, 0.4) is 0 Å². The van der Waals surface area contributed by atoms with E-state index in [9.17, 15) is 9.90 Å². The lowest BCUT2D eigenvalue weighted by molar-refractivity contribution is -0.122. The summed E-state index contributed by atoms with van der Waals surface area (Å²) in [6.07, 6.45) is 0.370. The van der Waals surface area contributed by atoms with Gasteiger partial charge in [-0.05, 0) is 42.5 Å². The Kier molecular flexibility index (Phi) is 5.56. The van der Waals surface area contributed by atoms with Crippen LogP contribution in [0.4, 0.5) is 0 Å². The molecule has 2 aromatic rings. The van der Waals surface area contributed by atoms with Crippen molar-refractivity contribution in [1.29, 1.82) is 0 Å². The molecule has 118 valence electrons. The zero-order valence-electron chi connectivity index (χ0n) is 13.5. The van der Waals surface area contributed by atoms with Crippen LogP contribution in [-0.2, 0) is 4.79 Å². The van der Waals surface area contributed by atoms with Crippen LogP contribution in [0.5, 0.6) is 0 Å². The molecule has 3 heteroatoms. The maximum atomic E-state index is 12.3. The second-order valence-corrected chi connectivity index (χ2v) is 6.26. The number of fused-ring (bicyclic) bond motifs is 1. The van der Waals surface area contributed by atoms with Crippen molar-refractivity contribution in [3.8, 4) is 0 Å². The quantitative estimate of drug-likeness (QED) is 0.858. The summed E-state index contributed by atoms with van der Waals surface area (Å²) < 4.78 is 0. The first kappa shape index (κ1) is 16.5. The molecule has 22 heavy (non-hydrogen) atoms. The van der Waals surface area contributed by atoms with E-state index >= 15 is 0 Å².